The molecule has 0 unspecified atom stereocenters. The molecule has 0 heterocycles. The summed E-state index contributed by atoms with van der Waals surface area (Å²) in [7, 11) is 0. The number of halogens is 2. The minimum Gasteiger partial charge on any atom is -0.351 e. The van der Waals surface area contributed by atoms with E-state index in [9.17, 15) is 9.18 Å². The molecule has 1 aromatic rings. The quantitative estimate of drug-likeness (QED) is 0.847. The lowest BCUT2D eigenvalue weighted by Gasteiger charge is -2.12. The Kier molecular flexibility index (Phi) is 6.29. The van der Waals surface area contributed by atoms with Gasteiger partial charge in [0.1, 0.15) is 5.82 Å². The number of hydrogen-bond acceptors (Lipinski definition) is 2. The second-order valence-electron chi connectivity index (χ2n) is 4.20. The normalized spacial score (nSPS) is 12.2. The fourth-order valence-corrected chi connectivity index (χ4v) is 1.93. The van der Waals surface area contributed by atoms with Crippen LogP contribution in [0.4, 0.5) is 4.39 Å². The van der Waals surface area contributed by atoms with Gasteiger partial charge in [0.25, 0.3) is 0 Å². The van der Waals surface area contributed by atoms with E-state index in [1.54, 1.807) is 6.07 Å². The van der Waals surface area contributed by atoms with Crippen LogP contribution in [-0.2, 0) is 11.3 Å². The molecule has 3 nitrogen and oxygen atoms in total. The number of rotatable bonds is 6. The number of hydrogen-bond donors (Lipinski definition) is 2. The molecule has 1 amide bonds. The topological polar surface area (TPSA) is 55.1 Å². The second kappa shape index (κ2) is 7.48. The number of carbonyl (C=O) groups is 1. The van der Waals surface area contributed by atoms with Gasteiger partial charge in [-0.25, -0.2) is 4.39 Å². The first-order chi connectivity index (χ1) is 8.54. The van der Waals surface area contributed by atoms with Crippen LogP contribution in [0, 0.1) is 5.82 Å². The summed E-state index contributed by atoms with van der Waals surface area (Å²) in [6.07, 6.45) is 2.61. The maximum Gasteiger partial charge on any atom is 0.237 e. The number of carbonyl (C=O) groups excluding carboxylic acids is 1. The average Bonchev–Trinajstić information content (AvgIpc) is 2.36. The Hall–Kier alpha value is -0.940. The van der Waals surface area contributed by atoms with Crippen LogP contribution in [0.25, 0.3) is 0 Å². The standard InChI is InChI=1S/C13H18BrFN2O/c1-2-3-4-12(16)13(18)17-8-9-7-10(15)5-6-11(9)14/h5-7,12H,2-4,8,16H2,1H3,(H,17,18)/t12-/m0/s1. The molecule has 100 valence electrons. The summed E-state index contributed by atoms with van der Waals surface area (Å²) in [5, 5.41) is 2.72. The molecule has 18 heavy (non-hydrogen) atoms. The fourth-order valence-electron chi connectivity index (χ4n) is 1.55. The Balaban J connectivity index is 2.49. The van der Waals surface area contributed by atoms with E-state index in [1.807, 2.05) is 0 Å². The van der Waals surface area contributed by atoms with E-state index < -0.39 is 6.04 Å². The highest BCUT2D eigenvalue weighted by Crippen LogP contribution is 2.17. The molecule has 1 rings (SSSR count). The van der Waals surface area contributed by atoms with E-state index >= 15 is 0 Å². The van der Waals surface area contributed by atoms with Crippen LogP contribution in [0.2, 0.25) is 0 Å². The Labute approximate surface area is 115 Å². The molecule has 0 aliphatic heterocycles. The van der Waals surface area contributed by atoms with Gasteiger partial charge in [-0.2, -0.15) is 0 Å². The smallest absolute Gasteiger partial charge is 0.237 e. The first-order valence-electron chi connectivity index (χ1n) is 6.01. The molecule has 0 spiro atoms. The van der Waals surface area contributed by atoms with Crippen molar-refractivity contribution in [3.8, 4) is 0 Å². The monoisotopic (exact) mass is 316 g/mol. The lowest BCUT2D eigenvalue weighted by atomic mass is 10.1. The van der Waals surface area contributed by atoms with Crippen LogP contribution in [0.3, 0.4) is 0 Å². The van der Waals surface area contributed by atoms with Crippen molar-refractivity contribution in [1.29, 1.82) is 0 Å². The van der Waals surface area contributed by atoms with Gasteiger partial charge in [0.2, 0.25) is 5.91 Å². The average molecular weight is 317 g/mol. The summed E-state index contributed by atoms with van der Waals surface area (Å²) in [6.45, 7) is 2.32. The summed E-state index contributed by atoms with van der Waals surface area (Å²) in [5.74, 6) is -0.516. The third-order valence-corrected chi connectivity index (χ3v) is 3.44. The molecule has 1 aromatic carbocycles. The van der Waals surface area contributed by atoms with E-state index in [0.717, 1.165) is 17.3 Å². The van der Waals surface area contributed by atoms with Crippen molar-refractivity contribution < 1.29 is 9.18 Å². The molecule has 0 aromatic heterocycles. The molecule has 0 aliphatic carbocycles. The number of benzene rings is 1. The van der Waals surface area contributed by atoms with Gasteiger partial charge >= 0.3 is 0 Å². The highest BCUT2D eigenvalue weighted by molar-refractivity contribution is 9.10. The van der Waals surface area contributed by atoms with E-state index in [2.05, 4.69) is 28.2 Å². The summed E-state index contributed by atoms with van der Waals surface area (Å²) >= 11 is 3.31. The Morgan fingerprint density at radius 2 is 2.28 bits per heavy atom. The first-order valence-corrected chi connectivity index (χ1v) is 6.81. The first kappa shape index (κ1) is 15.1. The fraction of sp³-hybridized carbons (Fsp3) is 0.462. The summed E-state index contributed by atoms with van der Waals surface area (Å²) < 4.78 is 13.8. The van der Waals surface area contributed by atoms with Gasteiger partial charge in [0.15, 0.2) is 0 Å². The molecule has 0 bridgehead atoms. The van der Waals surface area contributed by atoms with E-state index in [0.29, 0.717) is 12.0 Å². The SMILES string of the molecule is CCCC[C@H](N)C(=O)NCc1cc(F)ccc1Br. The summed E-state index contributed by atoms with van der Waals surface area (Å²) in [5.41, 5.74) is 6.44. The van der Waals surface area contributed by atoms with Crippen molar-refractivity contribution in [2.75, 3.05) is 0 Å². The van der Waals surface area contributed by atoms with Gasteiger partial charge in [0.05, 0.1) is 6.04 Å². The molecule has 0 fully saturated rings. The third kappa shape index (κ3) is 4.74. The molecule has 3 N–H and O–H groups in total. The molecule has 1 atom stereocenters. The highest BCUT2D eigenvalue weighted by Gasteiger charge is 2.12. The molecular weight excluding hydrogens is 299 g/mol. The summed E-state index contributed by atoms with van der Waals surface area (Å²) in [4.78, 5) is 11.7. The molecule has 0 saturated heterocycles. The highest BCUT2D eigenvalue weighted by atomic mass is 79.9. The molecule has 0 radical (unpaired) electrons. The van der Waals surface area contributed by atoms with Crippen LogP contribution in [0.1, 0.15) is 31.7 Å². The molecule has 0 aliphatic rings. The van der Waals surface area contributed by atoms with Gasteiger partial charge < -0.3 is 11.1 Å². The lowest BCUT2D eigenvalue weighted by molar-refractivity contribution is -0.122. The van der Waals surface area contributed by atoms with Gasteiger partial charge in [-0.15, -0.1) is 0 Å². The number of amides is 1. The largest absolute Gasteiger partial charge is 0.351 e. The molecular formula is C13H18BrFN2O. The predicted octanol–water partition coefficient (Wildman–Crippen LogP) is 2.72. The van der Waals surface area contributed by atoms with Crippen molar-refractivity contribution in [3.63, 3.8) is 0 Å². The Morgan fingerprint density at radius 1 is 1.56 bits per heavy atom. The van der Waals surface area contributed by atoms with Gasteiger partial charge in [-0.1, -0.05) is 35.7 Å². The van der Waals surface area contributed by atoms with Crippen molar-refractivity contribution in [2.24, 2.45) is 5.73 Å². The zero-order valence-electron chi connectivity index (χ0n) is 10.4. The van der Waals surface area contributed by atoms with Crippen LogP contribution in [-0.4, -0.2) is 11.9 Å². The molecule has 0 saturated carbocycles. The Morgan fingerprint density at radius 3 is 2.94 bits per heavy atom. The minimum absolute atomic E-state index is 0.195. The van der Waals surface area contributed by atoms with E-state index in [-0.39, 0.29) is 18.3 Å². The maximum absolute atomic E-state index is 13.0. The van der Waals surface area contributed by atoms with E-state index in [1.165, 1.54) is 12.1 Å². The van der Waals surface area contributed by atoms with Gasteiger partial charge in [0, 0.05) is 11.0 Å². The molecule has 5 heteroatoms. The van der Waals surface area contributed by atoms with E-state index in [4.69, 9.17) is 5.73 Å². The second-order valence-corrected chi connectivity index (χ2v) is 5.06. The zero-order valence-corrected chi connectivity index (χ0v) is 12.0. The maximum atomic E-state index is 13.0. The van der Waals surface area contributed by atoms with Crippen molar-refractivity contribution in [2.45, 2.75) is 38.8 Å². The van der Waals surface area contributed by atoms with Gasteiger partial charge in [-0.05, 0) is 30.2 Å². The number of unbranched alkanes of at least 4 members (excludes halogenated alkanes) is 1. The Bertz CT molecular complexity index is 412. The van der Waals surface area contributed by atoms with Crippen molar-refractivity contribution >= 4 is 21.8 Å². The summed E-state index contributed by atoms with van der Waals surface area (Å²) in [6, 6.07) is 3.88. The minimum atomic E-state index is -0.489. The van der Waals surface area contributed by atoms with Crippen LogP contribution in [0.5, 0.6) is 0 Å². The van der Waals surface area contributed by atoms with Crippen molar-refractivity contribution in [1.82, 2.24) is 5.32 Å². The number of nitrogens with two attached hydrogens (primary N) is 1. The van der Waals surface area contributed by atoms with Crippen LogP contribution < -0.4 is 11.1 Å². The van der Waals surface area contributed by atoms with Crippen molar-refractivity contribution in [3.05, 3.63) is 34.1 Å². The van der Waals surface area contributed by atoms with Crippen LogP contribution in [0.15, 0.2) is 22.7 Å². The van der Waals surface area contributed by atoms with Gasteiger partial charge in [-0.3, -0.25) is 4.79 Å². The number of nitrogens with one attached hydrogen (secondary N) is 1. The predicted molar refractivity (Wildman–Crippen MR) is 73.4 cm³/mol. The van der Waals surface area contributed by atoms with Crippen LogP contribution >= 0.6 is 15.9 Å². The lowest BCUT2D eigenvalue weighted by Crippen LogP contribution is -2.40. The third-order valence-electron chi connectivity index (χ3n) is 2.67. The zero-order chi connectivity index (χ0) is 13.5.